The van der Waals surface area contributed by atoms with Crippen LogP contribution in [0.3, 0.4) is 0 Å². The molecule has 6 heteroatoms. The van der Waals surface area contributed by atoms with Crippen molar-refractivity contribution in [3.63, 3.8) is 0 Å². The van der Waals surface area contributed by atoms with Crippen molar-refractivity contribution in [3.05, 3.63) is 0 Å². The van der Waals surface area contributed by atoms with Gasteiger partial charge in [-0.2, -0.15) is 0 Å². The van der Waals surface area contributed by atoms with Gasteiger partial charge in [0.1, 0.15) is 0 Å². The third kappa shape index (κ3) is 7.16. The van der Waals surface area contributed by atoms with E-state index in [-0.39, 0.29) is 23.5 Å². The molecule has 2 atom stereocenters. The number of carbonyl (C=O) groups is 1. The van der Waals surface area contributed by atoms with Gasteiger partial charge in [-0.05, 0) is 18.8 Å². The smallest absolute Gasteiger partial charge is 0.237 e. The maximum atomic E-state index is 12.1. The zero-order valence-corrected chi connectivity index (χ0v) is 15.5. The van der Waals surface area contributed by atoms with E-state index in [0.717, 1.165) is 32.6 Å². The number of hydrogen-bond donors (Lipinski definition) is 2. The molecule has 0 aliphatic carbocycles. The van der Waals surface area contributed by atoms with Crippen molar-refractivity contribution in [2.45, 2.75) is 46.3 Å². The Kier molecular flexibility index (Phi) is 8.47. The molecule has 1 amide bonds. The van der Waals surface area contributed by atoms with E-state index in [1.807, 2.05) is 6.92 Å². The molecule has 0 spiro atoms. The molecule has 1 heterocycles. The van der Waals surface area contributed by atoms with Crippen LogP contribution in [-0.4, -0.2) is 85.9 Å². The first kappa shape index (κ1) is 20.4. The molecule has 0 aromatic rings. The van der Waals surface area contributed by atoms with Gasteiger partial charge in [0.2, 0.25) is 5.91 Å². The number of aliphatic hydroxyl groups is 1. The fraction of sp³-hybridized carbons (Fsp3) is 0.941. The number of aliphatic hydroxyl groups excluding tert-OH is 1. The van der Waals surface area contributed by atoms with Crippen molar-refractivity contribution in [3.8, 4) is 0 Å². The van der Waals surface area contributed by atoms with E-state index in [1.54, 1.807) is 7.11 Å². The summed E-state index contributed by atoms with van der Waals surface area (Å²) in [6, 6.07) is -0.104. The summed E-state index contributed by atoms with van der Waals surface area (Å²) < 4.78 is 4.98. The van der Waals surface area contributed by atoms with Crippen molar-refractivity contribution in [2.75, 3.05) is 53.0 Å². The third-order valence-corrected chi connectivity index (χ3v) is 4.59. The van der Waals surface area contributed by atoms with E-state index in [0.29, 0.717) is 19.7 Å². The fourth-order valence-corrected chi connectivity index (χ4v) is 2.59. The van der Waals surface area contributed by atoms with Gasteiger partial charge in [0.15, 0.2) is 0 Å². The van der Waals surface area contributed by atoms with Gasteiger partial charge in [-0.25, -0.2) is 0 Å². The minimum Gasteiger partial charge on any atom is -0.391 e. The monoisotopic (exact) mass is 329 g/mol. The number of piperazine rings is 1. The van der Waals surface area contributed by atoms with E-state index >= 15 is 0 Å². The topological polar surface area (TPSA) is 65.0 Å². The predicted molar refractivity (Wildman–Crippen MR) is 92.4 cm³/mol. The summed E-state index contributed by atoms with van der Waals surface area (Å²) >= 11 is 0. The second-order valence-corrected chi connectivity index (χ2v) is 7.53. The first-order valence-electron chi connectivity index (χ1n) is 8.67. The summed E-state index contributed by atoms with van der Waals surface area (Å²) in [6.45, 7) is 13.7. The molecule has 136 valence electrons. The highest BCUT2D eigenvalue weighted by Crippen LogP contribution is 2.20. The second kappa shape index (κ2) is 9.57. The van der Waals surface area contributed by atoms with Crippen LogP contribution in [0.4, 0.5) is 0 Å². The van der Waals surface area contributed by atoms with Gasteiger partial charge in [0, 0.05) is 53.0 Å². The zero-order valence-electron chi connectivity index (χ0n) is 15.5. The second-order valence-electron chi connectivity index (χ2n) is 7.53. The molecule has 1 saturated heterocycles. The Hall–Kier alpha value is -0.690. The van der Waals surface area contributed by atoms with Crippen molar-refractivity contribution < 1.29 is 14.6 Å². The van der Waals surface area contributed by atoms with Gasteiger partial charge in [-0.3, -0.25) is 14.6 Å². The van der Waals surface area contributed by atoms with Crippen LogP contribution in [0.2, 0.25) is 0 Å². The summed E-state index contributed by atoms with van der Waals surface area (Å²) in [5, 5.41) is 13.2. The lowest BCUT2D eigenvalue weighted by atomic mass is 9.89. The molecule has 1 fully saturated rings. The van der Waals surface area contributed by atoms with Crippen LogP contribution in [0.15, 0.2) is 0 Å². The van der Waals surface area contributed by atoms with Crippen molar-refractivity contribution in [1.29, 1.82) is 0 Å². The van der Waals surface area contributed by atoms with E-state index in [4.69, 9.17) is 4.74 Å². The molecule has 1 rings (SSSR count). The third-order valence-electron chi connectivity index (χ3n) is 4.59. The quantitative estimate of drug-likeness (QED) is 0.637. The Balaban J connectivity index is 2.30. The number of carbonyl (C=O) groups excluding carboxylic acids is 1. The van der Waals surface area contributed by atoms with E-state index in [1.165, 1.54) is 0 Å². The van der Waals surface area contributed by atoms with Crippen LogP contribution in [-0.2, 0) is 9.53 Å². The SMILES string of the molecule is COCCCNC(=O)[C@H](C)N1CCN(C[C@H](O)C(C)(C)C)CC1. The normalized spacial score (nSPS) is 20.3. The lowest BCUT2D eigenvalue weighted by Gasteiger charge is -2.39. The van der Waals surface area contributed by atoms with Crippen molar-refractivity contribution >= 4 is 5.91 Å². The average molecular weight is 329 g/mol. The van der Waals surface area contributed by atoms with Crippen LogP contribution >= 0.6 is 0 Å². The van der Waals surface area contributed by atoms with Crippen LogP contribution < -0.4 is 5.32 Å². The van der Waals surface area contributed by atoms with Gasteiger partial charge in [0.05, 0.1) is 12.1 Å². The maximum Gasteiger partial charge on any atom is 0.237 e. The maximum absolute atomic E-state index is 12.1. The molecule has 1 aliphatic rings. The molecule has 0 aromatic heterocycles. The first-order valence-corrected chi connectivity index (χ1v) is 8.67. The Morgan fingerprint density at radius 2 is 1.87 bits per heavy atom. The zero-order chi connectivity index (χ0) is 17.5. The van der Waals surface area contributed by atoms with Crippen molar-refractivity contribution in [1.82, 2.24) is 15.1 Å². The van der Waals surface area contributed by atoms with Crippen LogP contribution in [0.1, 0.15) is 34.1 Å². The van der Waals surface area contributed by atoms with Gasteiger partial charge in [-0.15, -0.1) is 0 Å². The Labute approximate surface area is 141 Å². The number of nitrogens with one attached hydrogen (secondary N) is 1. The predicted octanol–water partition coefficient (Wildman–Crippen LogP) is 0.552. The van der Waals surface area contributed by atoms with Crippen molar-refractivity contribution in [2.24, 2.45) is 5.41 Å². The highest BCUT2D eigenvalue weighted by Gasteiger charge is 2.29. The van der Waals surface area contributed by atoms with Gasteiger partial charge >= 0.3 is 0 Å². The summed E-state index contributed by atoms with van der Waals surface area (Å²) in [6.07, 6.45) is 0.517. The molecular formula is C17H35N3O3. The number of nitrogens with zero attached hydrogens (tertiary/aromatic N) is 2. The Morgan fingerprint density at radius 1 is 1.26 bits per heavy atom. The van der Waals surface area contributed by atoms with Gasteiger partial charge in [0.25, 0.3) is 0 Å². The molecule has 0 saturated carbocycles. The largest absolute Gasteiger partial charge is 0.391 e. The number of amides is 1. The summed E-state index contributed by atoms with van der Waals surface area (Å²) in [4.78, 5) is 16.7. The number of rotatable bonds is 8. The van der Waals surface area contributed by atoms with Gasteiger partial charge < -0.3 is 15.2 Å². The minimum absolute atomic E-state index is 0.0873. The van der Waals surface area contributed by atoms with Crippen LogP contribution in [0.5, 0.6) is 0 Å². The lowest BCUT2D eigenvalue weighted by molar-refractivity contribution is -0.126. The number of hydrogen-bond acceptors (Lipinski definition) is 5. The summed E-state index contributed by atoms with van der Waals surface area (Å²) in [5.74, 6) is 0.0873. The molecule has 1 aliphatic heterocycles. The molecule has 2 N–H and O–H groups in total. The molecule has 0 aromatic carbocycles. The molecule has 6 nitrogen and oxygen atoms in total. The van der Waals surface area contributed by atoms with Crippen LogP contribution in [0.25, 0.3) is 0 Å². The van der Waals surface area contributed by atoms with E-state index in [9.17, 15) is 9.90 Å². The standard InChI is InChI=1S/C17H35N3O3/c1-14(16(22)18-7-6-12-23-5)20-10-8-19(9-11-20)13-15(21)17(2,3)4/h14-15,21H,6-13H2,1-5H3,(H,18,22)/t14-,15-/m0/s1. The minimum atomic E-state index is -0.324. The number of ether oxygens (including phenoxy) is 1. The number of methoxy groups -OCH3 is 1. The Morgan fingerprint density at radius 3 is 2.39 bits per heavy atom. The highest BCUT2D eigenvalue weighted by molar-refractivity contribution is 5.81. The van der Waals surface area contributed by atoms with Crippen LogP contribution in [0, 0.1) is 5.41 Å². The molecule has 0 radical (unpaired) electrons. The molecular weight excluding hydrogens is 294 g/mol. The van der Waals surface area contributed by atoms with E-state index < -0.39 is 0 Å². The summed E-state index contributed by atoms with van der Waals surface area (Å²) in [7, 11) is 1.67. The summed E-state index contributed by atoms with van der Waals surface area (Å²) in [5.41, 5.74) is -0.0908. The Bertz CT molecular complexity index is 349. The molecule has 0 bridgehead atoms. The lowest BCUT2D eigenvalue weighted by Crippen LogP contribution is -2.55. The molecule has 23 heavy (non-hydrogen) atoms. The average Bonchev–Trinajstić information content (AvgIpc) is 2.50. The number of β-amino-alcohol motifs (C(OH)–C–C–N with tert-alkyl or cyclic N) is 1. The van der Waals surface area contributed by atoms with E-state index in [2.05, 4.69) is 35.9 Å². The first-order chi connectivity index (χ1) is 10.8. The highest BCUT2D eigenvalue weighted by atomic mass is 16.5. The fourth-order valence-electron chi connectivity index (χ4n) is 2.59. The molecule has 0 unspecified atom stereocenters. The van der Waals surface area contributed by atoms with Gasteiger partial charge in [-0.1, -0.05) is 20.8 Å².